The second-order valence-electron chi connectivity index (χ2n) is 1.95. The molecule has 1 aromatic heterocycles. The number of hydrogen-bond acceptors (Lipinski definition) is 5. The van der Waals surface area contributed by atoms with Crippen LogP contribution in [-0.2, 0) is 4.74 Å². The SMILES string of the molecule is COC(=O)c1ncc(C=O)cn1. The molecule has 12 heavy (non-hydrogen) atoms. The highest BCUT2D eigenvalue weighted by Gasteiger charge is 2.07. The molecular weight excluding hydrogens is 160 g/mol. The number of hydrogen-bond donors (Lipinski definition) is 0. The van der Waals surface area contributed by atoms with Crippen molar-refractivity contribution in [3.8, 4) is 0 Å². The van der Waals surface area contributed by atoms with Gasteiger partial charge >= 0.3 is 5.97 Å². The molecule has 5 heteroatoms. The van der Waals surface area contributed by atoms with E-state index in [-0.39, 0.29) is 5.82 Å². The van der Waals surface area contributed by atoms with Crippen molar-refractivity contribution in [1.29, 1.82) is 0 Å². The molecule has 0 radical (unpaired) electrons. The minimum atomic E-state index is -0.618. The minimum absolute atomic E-state index is 0.0527. The molecule has 0 unspecified atom stereocenters. The van der Waals surface area contributed by atoms with Crippen LogP contribution in [0, 0.1) is 0 Å². The number of carbonyl (C=O) groups is 2. The number of esters is 1. The Morgan fingerprint density at radius 3 is 2.50 bits per heavy atom. The van der Waals surface area contributed by atoms with Crippen LogP contribution in [0.1, 0.15) is 21.0 Å². The van der Waals surface area contributed by atoms with E-state index in [0.717, 1.165) is 0 Å². The zero-order valence-electron chi connectivity index (χ0n) is 6.35. The largest absolute Gasteiger partial charge is 0.463 e. The third-order valence-electron chi connectivity index (χ3n) is 1.18. The smallest absolute Gasteiger partial charge is 0.376 e. The maximum Gasteiger partial charge on any atom is 0.376 e. The Kier molecular flexibility index (Phi) is 2.47. The Bertz CT molecular complexity index is 294. The third-order valence-corrected chi connectivity index (χ3v) is 1.18. The molecule has 0 aliphatic rings. The van der Waals surface area contributed by atoms with Gasteiger partial charge in [-0.3, -0.25) is 4.79 Å². The zero-order valence-corrected chi connectivity index (χ0v) is 6.35. The summed E-state index contributed by atoms with van der Waals surface area (Å²) in [5, 5.41) is 0. The molecule has 0 N–H and O–H groups in total. The van der Waals surface area contributed by atoms with Crippen LogP contribution in [0.25, 0.3) is 0 Å². The third kappa shape index (κ3) is 1.63. The van der Waals surface area contributed by atoms with Gasteiger partial charge in [0, 0.05) is 12.4 Å². The van der Waals surface area contributed by atoms with E-state index in [1.54, 1.807) is 0 Å². The van der Waals surface area contributed by atoms with E-state index in [0.29, 0.717) is 11.8 Å². The first-order valence-corrected chi connectivity index (χ1v) is 3.13. The van der Waals surface area contributed by atoms with Gasteiger partial charge in [-0.15, -0.1) is 0 Å². The first kappa shape index (κ1) is 8.32. The molecule has 0 saturated heterocycles. The lowest BCUT2D eigenvalue weighted by Gasteiger charge is -1.95. The van der Waals surface area contributed by atoms with Crippen LogP contribution in [0.4, 0.5) is 0 Å². The lowest BCUT2D eigenvalue weighted by atomic mass is 10.4. The van der Waals surface area contributed by atoms with Crippen molar-refractivity contribution in [3.63, 3.8) is 0 Å². The van der Waals surface area contributed by atoms with E-state index in [1.807, 2.05) is 0 Å². The average Bonchev–Trinajstić information content (AvgIpc) is 2.17. The summed E-state index contributed by atoms with van der Waals surface area (Å²) in [6.07, 6.45) is 3.11. The van der Waals surface area contributed by atoms with Gasteiger partial charge < -0.3 is 4.74 Å². The number of aldehydes is 1. The van der Waals surface area contributed by atoms with Crippen LogP contribution in [-0.4, -0.2) is 29.3 Å². The number of aromatic nitrogens is 2. The van der Waals surface area contributed by atoms with Crippen LogP contribution in [0.5, 0.6) is 0 Å². The Labute approximate surface area is 68.4 Å². The van der Waals surface area contributed by atoms with Crippen LogP contribution in [0.15, 0.2) is 12.4 Å². The molecule has 0 fully saturated rings. The molecule has 0 spiro atoms. The summed E-state index contributed by atoms with van der Waals surface area (Å²) in [5.74, 6) is -0.671. The highest BCUT2D eigenvalue weighted by molar-refractivity contribution is 5.85. The fraction of sp³-hybridized carbons (Fsp3) is 0.143. The quantitative estimate of drug-likeness (QED) is 0.459. The molecule has 0 aliphatic carbocycles. The van der Waals surface area contributed by atoms with Gasteiger partial charge in [0.2, 0.25) is 5.82 Å². The van der Waals surface area contributed by atoms with E-state index in [1.165, 1.54) is 19.5 Å². The molecule has 62 valence electrons. The molecule has 1 rings (SSSR count). The summed E-state index contributed by atoms with van der Waals surface area (Å²) >= 11 is 0. The molecule has 1 heterocycles. The summed E-state index contributed by atoms with van der Waals surface area (Å²) < 4.78 is 4.36. The Morgan fingerprint density at radius 2 is 2.08 bits per heavy atom. The number of carbonyl (C=O) groups excluding carboxylic acids is 2. The fourth-order valence-electron chi connectivity index (χ4n) is 0.596. The number of nitrogens with zero attached hydrogens (tertiary/aromatic N) is 2. The van der Waals surface area contributed by atoms with E-state index >= 15 is 0 Å². The zero-order chi connectivity index (χ0) is 8.97. The lowest BCUT2D eigenvalue weighted by Crippen LogP contribution is -2.07. The van der Waals surface area contributed by atoms with Gasteiger partial charge in [-0.05, 0) is 0 Å². The first-order chi connectivity index (χ1) is 5.77. The van der Waals surface area contributed by atoms with E-state index in [9.17, 15) is 9.59 Å². The van der Waals surface area contributed by atoms with Gasteiger partial charge in [0.05, 0.1) is 12.7 Å². The predicted octanol–water partition coefficient (Wildman–Crippen LogP) is 0.0757. The van der Waals surface area contributed by atoms with Crippen molar-refractivity contribution >= 4 is 12.3 Å². The predicted molar refractivity (Wildman–Crippen MR) is 38.8 cm³/mol. The normalized spacial score (nSPS) is 9.08. The summed E-state index contributed by atoms with van der Waals surface area (Å²) in [6.45, 7) is 0. The molecule has 0 atom stereocenters. The van der Waals surface area contributed by atoms with Crippen molar-refractivity contribution in [2.45, 2.75) is 0 Å². The van der Waals surface area contributed by atoms with Crippen molar-refractivity contribution in [2.75, 3.05) is 7.11 Å². The van der Waals surface area contributed by atoms with Gasteiger partial charge in [-0.1, -0.05) is 0 Å². The van der Waals surface area contributed by atoms with Gasteiger partial charge in [0.15, 0.2) is 6.29 Å². The summed E-state index contributed by atoms with van der Waals surface area (Å²) in [7, 11) is 1.24. The van der Waals surface area contributed by atoms with Crippen molar-refractivity contribution < 1.29 is 14.3 Å². The molecular formula is C7H6N2O3. The average molecular weight is 166 g/mol. The van der Waals surface area contributed by atoms with E-state index < -0.39 is 5.97 Å². The molecule has 0 amide bonds. The Balaban J connectivity index is 2.91. The van der Waals surface area contributed by atoms with Crippen LogP contribution in [0.2, 0.25) is 0 Å². The van der Waals surface area contributed by atoms with Gasteiger partial charge in [-0.25, -0.2) is 14.8 Å². The molecule has 0 bridgehead atoms. The Morgan fingerprint density at radius 1 is 1.50 bits per heavy atom. The maximum absolute atomic E-state index is 10.8. The standard InChI is InChI=1S/C7H6N2O3/c1-12-7(11)6-8-2-5(4-10)3-9-6/h2-4H,1H3. The summed E-state index contributed by atoms with van der Waals surface area (Å²) in [6, 6.07) is 0. The van der Waals surface area contributed by atoms with Gasteiger partial charge in [-0.2, -0.15) is 0 Å². The molecule has 5 nitrogen and oxygen atoms in total. The molecule has 1 aromatic rings. The van der Waals surface area contributed by atoms with Crippen molar-refractivity contribution in [2.24, 2.45) is 0 Å². The second-order valence-corrected chi connectivity index (χ2v) is 1.95. The number of rotatable bonds is 2. The monoisotopic (exact) mass is 166 g/mol. The van der Waals surface area contributed by atoms with Crippen LogP contribution < -0.4 is 0 Å². The second kappa shape index (κ2) is 3.56. The van der Waals surface area contributed by atoms with Crippen molar-refractivity contribution in [1.82, 2.24) is 9.97 Å². The van der Waals surface area contributed by atoms with Gasteiger partial charge in [0.1, 0.15) is 0 Å². The van der Waals surface area contributed by atoms with Crippen LogP contribution >= 0.6 is 0 Å². The molecule has 0 aliphatic heterocycles. The minimum Gasteiger partial charge on any atom is -0.463 e. The topological polar surface area (TPSA) is 69.2 Å². The van der Waals surface area contributed by atoms with E-state index in [4.69, 9.17) is 0 Å². The highest BCUT2D eigenvalue weighted by atomic mass is 16.5. The van der Waals surface area contributed by atoms with Crippen LogP contribution in [0.3, 0.4) is 0 Å². The summed E-state index contributed by atoms with van der Waals surface area (Å²) in [4.78, 5) is 28.1. The summed E-state index contributed by atoms with van der Waals surface area (Å²) in [5.41, 5.74) is 0.322. The lowest BCUT2D eigenvalue weighted by molar-refractivity contribution is 0.0586. The van der Waals surface area contributed by atoms with Crippen molar-refractivity contribution in [3.05, 3.63) is 23.8 Å². The van der Waals surface area contributed by atoms with Gasteiger partial charge in [0.25, 0.3) is 0 Å². The number of methoxy groups -OCH3 is 1. The van der Waals surface area contributed by atoms with E-state index in [2.05, 4.69) is 14.7 Å². The molecule has 0 saturated carbocycles. The fourth-order valence-corrected chi connectivity index (χ4v) is 0.596. The number of ether oxygens (including phenoxy) is 1. The molecule has 0 aromatic carbocycles. The first-order valence-electron chi connectivity index (χ1n) is 3.13. The maximum atomic E-state index is 10.8. The Hall–Kier alpha value is -1.78. The highest BCUT2D eigenvalue weighted by Crippen LogP contribution is 1.93.